The Bertz CT molecular complexity index is 262. The van der Waals surface area contributed by atoms with E-state index < -0.39 is 15.8 Å². The highest BCUT2D eigenvalue weighted by atomic mass is 35.5. The zero-order valence-electron chi connectivity index (χ0n) is 7.89. The maximum Gasteiger partial charge on any atom is 0.337 e. The fourth-order valence-electron chi connectivity index (χ4n) is 1.82. The molecule has 1 fully saturated rings. The summed E-state index contributed by atoms with van der Waals surface area (Å²) in [6, 6.07) is -0.123. The van der Waals surface area contributed by atoms with Crippen LogP contribution in [0.25, 0.3) is 0 Å². The molecular weight excluding hydrogens is 249 g/mol. The molecule has 0 aromatic carbocycles. The number of alkyl halides is 1. The first kappa shape index (κ1) is 14.5. The first-order valence-corrected chi connectivity index (χ1v) is 6.16. The van der Waals surface area contributed by atoms with Crippen LogP contribution >= 0.6 is 24.0 Å². The summed E-state index contributed by atoms with van der Waals surface area (Å²) in [5, 5.41) is 0. The maximum atomic E-state index is 11.0. The summed E-state index contributed by atoms with van der Waals surface area (Å²) >= 11 is 5.70. The molecule has 1 atom stereocenters. The van der Waals surface area contributed by atoms with Gasteiger partial charge >= 0.3 is 10.3 Å². The third-order valence-corrected chi connectivity index (χ3v) is 3.77. The van der Waals surface area contributed by atoms with Crippen LogP contribution in [0.5, 0.6) is 0 Å². The molecule has 1 N–H and O–H groups in total. The Labute approximate surface area is 95.9 Å². The van der Waals surface area contributed by atoms with Crippen LogP contribution in [-0.2, 0) is 10.3 Å². The van der Waals surface area contributed by atoms with Gasteiger partial charge in [0.25, 0.3) is 0 Å². The number of hydrogen-bond acceptors (Lipinski definition) is 2. The van der Waals surface area contributed by atoms with Gasteiger partial charge in [0, 0.05) is 6.04 Å². The minimum atomic E-state index is -4.15. The third kappa shape index (κ3) is 3.55. The van der Waals surface area contributed by atoms with Crippen molar-refractivity contribution >= 4 is 34.3 Å². The smallest absolute Gasteiger partial charge is 0.273 e. The Morgan fingerprint density at radius 1 is 1.43 bits per heavy atom. The molecule has 1 aliphatic carbocycles. The van der Waals surface area contributed by atoms with Crippen LogP contribution in [0.2, 0.25) is 0 Å². The van der Waals surface area contributed by atoms with Gasteiger partial charge in [-0.3, -0.25) is 4.55 Å². The molecule has 1 unspecified atom stereocenters. The summed E-state index contributed by atoms with van der Waals surface area (Å²) in [5.74, 6) is 0. The summed E-state index contributed by atoms with van der Waals surface area (Å²) in [6.45, 7) is 1.55. The zero-order chi connectivity index (χ0) is 10.1. The molecule has 0 aromatic rings. The predicted molar refractivity (Wildman–Crippen MR) is 58.2 cm³/mol. The van der Waals surface area contributed by atoms with Gasteiger partial charge < -0.3 is 0 Å². The van der Waals surface area contributed by atoms with Gasteiger partial charge in [-0.15, -0.1) is 24.0 Å². The first-order valence-electron chi connectivity index (χ1n) is 4.33. The van der Waals surface area contributed by atoms with E-state index >= 15 is 0 Å². The summed E-state index contributed by atoms with van der Waals surface area (Å²) < 4.78 is 31.8. The molecule has 14 heavy (non-hydrogen) atoms. The Kier molecular flexibility index (Phi) is 5.69. The van der Waals surface area contributed by atoms with Crippen molar-refractivity contribution in [1.29, 1.82) is 0 Å². The van der Waals surface area contributed by atoms with E-state index in [1.54, 1.807) is 6.92 Å². The Morgan fingerprint density at radius 2 is 1.86 bits per heavy atom. The van der Waals surface area contributed by atoms with Gasteiger partial charge in [-0.2, -0.15) is 12.7 Å². The van der Waals surface area contributed by atoms with Crippen LogP contribution < -0.4 is 0 Å². The van der Waals surface area contributed by atoms with Gasteiger partial charge in [-0.05, 0) is 19.8 Å². The Morgan fingerprint density at radius 3 is 2.14 bits per heavy atom. The highest BCUT2D eigenvalue weighted by Gasteiger charge is 2.33. The molecule has 1 aliphatic rings. The lowest BCUT2D eigenvalue weighted by Gasteiger charge is -2.26. The van der Waals surface area contributed by atoms with Gasteiger partial charge in [-0.1, -0.05) is 12.8 Å². The van der Waals surface area contributed by atoms with Crippen LogP contribution in [0, 0.1) is 0 Å². The van der Waals surface area contributed by atoms with Crippen molar-refractivity contribution in [2.45, 2.75) is 44.1 Å². The summed E-state index contributed by atoms with van der Waals surface area (Å²) in [4.78, 5) is 0. The van der Waals surface area contributed by atoms with E-state index in [-0.39, 0.29) is 18.4 Å². The van der Waals surface area contributed by atoms with E-state index in [2.05, 4.69) is 0 Å². The average Bonchev–Trinajstić information content (AvgIpc) is 2.34. The third-order valence-electron chi connectivity index (χ3n) is 2.30. The van der Waals surface area contributed by atoms with Crippen LogP contribution in [-0.4, -0.2) is 28.8 Å². The van der Waals surface area contributed by atoms with Crippen molar-refractivity contribution in [3.63, 3.8) is 0 Å². The molecule has 0 heterocycles. The van der Waals surface area contributed by atoms with Crippen molar-refractivity contribution in [3.8, 4) is 0 Å². The van der Waals surface area contributed by atoms with Crippen molar-refractivity contribution in [1.82, 2.24) is 4.31 Å². The second-order valence-corrected chi connectivity index (χ2v) is 5.27. The second kappa shape index (κ2) is 5.51. The minimum Gasteiger partial charge on any atom is -0.273 e. The summed E-state index contributed by atoms with van der Waals surface area (Å²) in [6.07, 6.45) is 3.58. The molecule has 0 amide bonds. The van der Waals surface area contributed by atoms with Gasteiger partial charge in [0.05, 0.1) is 5.50 Å². The van der Waals surface area contributed by atoms with Crippen molar-refractivity contribution in [3.05, 3.63) is 0 Å². The van der Waals surface area contributed by atoms with E-state index in [1.165, 1.54) is 0 Å². The number of nitrogens with zero attached hydrogens (tertiary/aromatic N) is 1. The lowest BCUT2D eigenvalue weighted by molar-refractivity contribution is 0.278. The van der Waals surface area contributed by atoms with Gasteiger partial charge in [0.15, 0.2) is 0 Å². The molecular formula is C7H15Cl2NO3S. The number of hydrogen-bond donors (Lipinski definition) is 1. The fraction of sp³-hybridized carbons (Fsp3) is 1.00. The average molecular weight is 264 g/mol. The Hall–Kier alpha value is 0.450. The SMILES string of the molecule is CC(Cl)N(C1CCCC1)S(=O)(=O)O.Cl. The molecule has 4 nitrogen and oxygen atoms in total. The molecule has 0 aliphatic heterocycles. The number of rotatable bonds is 3. The molecule has 1 saturated carbocycles. The minimum absolute atomic E-state index is 0. The lowest BCUT2D eigenvalue weighted by atomic mass is 10.2. The van der Waals surface area contributed by atoms with E-state index in [0.29, 0.717) is 0 Å². The topological polar surface area (TPSA) is 57.6 Å². The van der Waals surface area contributed by atoms with E-state index in [0.717, 1.165) is 30.0 Å². The molecule has 0 saturated heterocycles. The molecule has 86 valence electrons. The molecule has 1 rings (SSSR count). The quantitative estimate of drug-likeness (QED) is 0.482. The standard InChI is InChI=1S/C7H14ClNO3S.ClH/c1-6(8)9(13(10,11)12)7-4-2-3-5-7;/h6-7H,2-5H2,1H3,(H,10,11,12);1H. The van der Waals surface area contributed by atoms with Crippen molar-refractivity contribution < 1.29 is 13.0 Å². The largest absolute Gasteiger partial charge is 0.337 e. The molecule has 0 bridgehead atoms. The van der Waals surface area contributed by atoms with Crippen molar-refractivity contribution in [2.24, 2.45) is 0 Å². The highest BCUT2D eigenvalue weighted by Crippen LogP contribution is 2.27. The van der Waals surface area contributed by atoms with Crippen molar-refractivity contribution in [2.75, 3.05) is 0 Å². The van der Waals surface area contributed by atoms with Crippen LogP contribution in [0.3, 0.4) is 0 Å². The lowest BCUT2D eigenvalue weighted by Crippen LogP contribution is -2.42. The maximum absolute atomic E-state index is 11.0. The van der Waals surface area contributed by atoms with Gasteiger partial charge in [-0.25, -0.2) is 0 Å². The van der Waals surface area contributed by atoms with Crippen LogP contribution in [0.1, 0.15) is 32.6 Å². The van der Waals surface area contributed by atoms with Crippen LogP contribution in [0.15, 0.2) is 0 Å². The van der Waals surface area contributed by atoms with E-state index in [1.807, 2.05) is 0 Å². The zero-order valence-corrected chi connectivity index (χ0v) is 10.3. The fourth-order valence-corrected chi connectivity index (χ4v) is 3.24. The normalized spacial score (nSPS) is 20.9. The summed E-state index contributed by atoms with van der Waals surface area (Å²) in [5.41, 5.74) is -0.682. The molecule has 7 heteroatoms. The summed E-state index contributed by atoms with van der Waals surface area (Å²) in [7, 11) is -4.15. The van der Waals surface area contributed by atoms with Crippen LogP contribution in [0.4, 0.5) is 0 Å². The molecule has 0 spiro atoms. The highest BCUT2D eigenvalue weighted by molar-refractivity contribution is 7.83. The van der Waals surface area contributed by atoms with Gasteiger partial charge in [0.2, 0.25) is 0 Å². The monoisotopic (exact) mass is 263 g/mol. The Balaban J connectivity index is 0.00000169. The molecule has 0 aromatic heterocycles. The molecule has 0 radical (unpaired) electrons. The van der Waals surface area contributed by atoms with Gasteiger partial charge in [0.1, 0.15) is 0 Å². The van der Waals surface area contributed by atoms with E-state index in [9.17, 15) is 8.42 Å². The second-order valence-electron chi connectivity index (χ2n) is 3.32. The first-order chi connectivity index (χ1) is 5.93. The van der Waals surface area contributed by atoms with E-state index in [4.69, 9.17) is 16.2 Å². The number of halogens is 2. The predicted octanol–water partition coefficient (Wildman–Crippen LogP) is 2.04.